The minimum absolute atomic E-state index is 0.208. The normalized spacial score (nSPS) is 15.5. The van der Waals surface area contributed by atoms with Gasteiger partial charge in [0.25, 0.3) is 0 Å². The third-order valence-corrected chi connectivity index (χ3v) is 9.31. The van der Waals surface area contributed by atoms with Gasteiger partial charge >= 0.3 is 0 Å². The molecule has 0 saturated heterocycles. The highest BCUT2D eigenvalue weighted by Gasteiger charge is 2.26. The molecule has 0 amide bonds. The van der Waals surface area contributed by atoms with Crippen molar-refractivity contribution < 1.29 is 0 Å². The fourth-order valence-corrected chi connectivity index (χ4v) is 7.35. The van der Waals surface area contributed by atoms with Crippen molar-refractivity contribution in [3.63, 3.8) is 0 Å². The van der Waals surface area contributed by atoms with Crippen LogP contribution in [0.3, 0.4) is 0 Å². The Morgan fingerprint density at radius 2 is 1.27 bits per heavy atom. The average molecular weight is 495 g/mol. The first-order chi connectivity index (χ1) is 18.0. The van der Waals surface area contributed by atoms with Gasteiger partial charge in [-0.2, -0.15) is 0 Å². The Morgan fingerprint density at radius 3 is 2.03 bits per heavy atom. The lowest BCUT2D eigenvalue weighted by Crippen LogP contribution is -2.36. The van der Waals surface area contributed by atoms with E-state index in [-0.39, 0.29) is 5.41 Å². The van der Waals surface area contributed by atoms with Crippen LogP contribution in [0.5, 0.6) is 0 Å². The quantitative estimate of drug-likeness (QED) is 0.225. The molecule has 1 heterocycles. The lowest BCUT2D eigenvalue weighted by atomic mass is 9.75. The van der Waals surface area contributed by atoms with Gasteiger partial charge in [0.1, 0.15) is 0 Å². The summed E-state index contributed by atoms with van der Waals surface area (Å²) in [4.78, 5) is 0. The van der Waals surface area contributed by atoms with E-state index >= 15 is 0 Å². The van der Waals surface area contributed by atoms with Crippen molar-refractivity contribution in [1.29, 1.82) is 0 Å². The van der Waals surface area contributed by atoms with Crippen molar-refractivity contribution in [3.05, 3.63) is 107 Å². The molecule has 0 spiro atoms. The maximum atomic E-state index is 2.58. The molecule has 1 unspecified atom stereocenters. The fraction of sp³-hybridized carbons (Fsp3) is 0.167. The number of hydrogen-bond donors (Lipinski definition) is 0. The van der Waals surface area contributed by atoms with Gasteiger partial charge in [-0.1, -0.05) is 124 Å². The molecule has 0 fully saturated rings. The summed E-state index contributed by atoms with van der Waals surface area (Å²) >= 11 is 1.92. The SMILES string of the molecule is CC(C)(C)C1C=c2c(-c3ccccc3)c3ccccc3c(-c3cccc4c3sc3ccccc34)c2=CC1. The Balaban J connectivity index is 1.68. The molecule has 0 N–H and O–H groups in total. The monoisotopic (exact) mass is 494 g/mol. The molecular weight excluding hydrogens is 464 g/mol. The van der Waals surface area contributed by atoms with Crippen LogP contribution in [-0.4, -0.2) is 0 Å². The first-order valence-electron chi connectivity index (χ1n) is 13.2. The van der Waals surface area contributed by atoms with E-state index in [1.165, 1.54) is 63.6 Å². The molecule has 0 nitrogen and oxygen atoms in total. The van der Waals surface area contributed by atoms with Crippen LogP contribution in [0.1, 0.15) is 27.2 Å². The maximum absolute atomic E-state index is 2.58. The standard InChI is InChI=1S/C36H30S/c1-36(2,3)24-20-21-28-31(22-24)33(23-12-5-4-6-13-23)26-15-7-8-16-27(26)34(28)30-18-11-17-29-25-14-9-10-19-32(25)37-35(29)30/h4-19,21-22,24H,20H2,1-3H3. The lowest BCUT2D eigenvalue weighted by Gasteiger charge is -2.30. The van der Waals surface area contributed by atoms with E-state index < -0.39 is 0 Å². The lowest BCUT2D eigenvalue weighted by molar-refractivity contribution is 0.314. The molecule has 180 valence electrons. The Bertz CT molecular complexity index is 1930. The van der Waals surface area contributed by atoms with Crippen molar-refractivity contribution in [2.75, 3.05) is 0 Å². The Labute approximate surface area is 222 Å². The van der Waals surface area contributed by atoms with Crippen LogP contribution < -0.4 is 10.4 Å². The van der Waals surface area contributed by atoms with Crippen LogP contribution in [0.4, 0.5) is 0 Å². The van der Waals surface area contributed by atoms with Gasteiger partial charge in [0, 0.05) is 25.7 Å². The minimum atomic E-state index is 0.208. The van der Waals surface area contributed by atoms with E-state index in [0.29, 0.717) is 5.92 Å². The van der Waals surface area contributed by atoms with Crippen molar-refractivity contribution in [1.82, 2.24) is 0 Å². The van der Waals surface area contributed by atoms with Crippen LogP contribution in [-0.2, 0) is 0 Å². The van der Waals surface area contributed by atoms with Crippen molar-refractivity contribution >= 4 is 54.4 Å². The molecule has 0 saturated carbocycles. The Kier molecular flexibility index (Phi) is 5.13. The largest absolute Gasteiger partial charge is 0.135 e. The summed E-state index contributed by atoms with van der Waals surface area (Å²) in [5.41, 5.74) is 5.60. The summed E-state index contributed by atoms with van der Waals surface area (Å²) in [7, 11) is 0. The van der Waals surface area contributed by atoms with Gasteiger partial charge in [-0.15, -0.1) is 11.3 Å². The van der Waals surface area contributed by atoms with Crippen LogP contribution in [0.2, 0.25) is 0 Å². The molecule has 7 rings (SSSR count). The van der Waals surface area contributed by atoms with Crippen molar-refractivity contribution in [3.8, 4) is 22.3 Å². The van der Waals surface area contributed by atoms with Crippen LogP contribution >= 0.6 is 11.3 Å². The highest BCUT2D eigenvalue weighted by atomic mass is 32.1. The molecular formula is C36H30S. The second kappa shape index (κ2) is 8.43. The number of fused-ring (bicyclic) bond motifs is 5. The zero-order valence-electron chi connectivity index (χ0n) is 21.6. The van der Waals surface area contributed by atoms with Crippen molar-refractivity contribution in [2.45, 2.75) is 27.2 Å². The Morgan fingerprint density at radius 1 is 0.622 bits per heavy atom. The molecule has 1 aromatic heterocycles. The third-order valence-electron chi connectivity index (χ3n) is 8.09. The van der Waals surface area contributed by atoms with E-state index in [0.717, 1.165) is 6.42 Å². The molecule has 0 radical (unpaired) electrons. The van der Waals surface area contributed by atoms with Crippen LogP contribution in [0.15, 0.2) is 97.1 Å². The molecule has 1 atom stereocenters. The molecule has 0 aliphatic heterocycles. The van der Waals surface area contributed by atoms with Crippen LogP contribution in [0, 0.1) is 11.3 Å². The van der Waals surface area contributed by atoms with Gasteiger partial charge in [-0.25, -0.2) is 0 Å². The summed E-state index contributed by atoms with van der Waals surface area (Å²) in [6.45, 7) is 7.11. The maximum Gasteiger partial charge on any atom is 0.0434 e. The zero-order valence-corrected chi connectivity index (χ0v) is 22.4. The second-order valence-corrected chi connectivity index (χ2v) is 12.4. The number of thiophene rings is 1. The van der Waals surface area contributed by atoms with Gasteiger partial charge < -0.3 is 0 Å². The van der Waals surface area contributed by atoms with Crippen LogP contribution in [0.25, 0.3) is 65.4 Å². The molecule has 0 bridgehead atoms. The van der Waals surface area contributed by atoms with Gasteiger partial charge in [0.05, 0.1) is 0 Å². The molecule has 6 aromatic rings. The van der Waals surface area contributed by atoms with Gasteiger partial charge in [0.15, 0.2) is 0 Å². The molecule has 1 aliphatic rings. The zero-order chi connectivity index (χ0) is 25.1. The van der Waals surface area contributed by atoms with E-state index in [1.54, 1.807) is 0 Å². The predicted molar refractivity (Wildman–Crippen MR) is 163 cm³/mol. The van der Waals surface area contributed by atoms with E-state index in [4.69, 9.17) is 0 Å². The molecule has 5 aromatic carbocycles. The van der Waals surface area contributed by atoms with Crippen molar-refractivity contribution in [2.24, 2.45) is 11.3 Å². The van der Waals surface area contributed by atoms with Gasteiger partial charge in [-0.3, -0.25) is 0 Å². The summed E-state index contributed by atoms with van der Waals surface area (Å²) in [5, 5.41) is 8.16. The predicted octanol–water partition coefficient (Wildman–Crippen LogP) is 9.17. The fourth-order valence-electron chi connectivity index (χ4n) is 6.13. The molecule has 37 heavy (non-hydrogen) atoms. The summed E-state index contributed by atoms with van der Waals surface area (Å²) in [5.74, 6) is 0.497. The Hall–Kier alpha value is -3.68. The summed E-state index contributed by atoms with van der Waals surface area (Å²) in [6.07, 6.45) is 6.18. The highest BCUT2D eigenvalue weighted by Crippen LogP contribution is 2.42. The number of rotatable bonds is 2. The van der Waals surface area contributed by atoms with Gasteiger partial charge in [-0.05, 0) is 61.7 Å². The summed E-state index contributed by atoms with van der Waals surface area (Å²) < 4.78 is 2.74. The van der Waals surface area contributed by atoms with Gasteiger partial charge in [0.2, 0.25) is 0 Å². The topological polar surface area (TPSA) is 0 Å². The highest BCUT2D eigenvalue weighted by molar-refractivity contribution is 7.26. The summed E-state index contributed by atoms with van der Waals surface area (Å²) in [6, 6.07) is 35.7. The first-order valence-corrected chi connectivity index (χ1v) is 14.1. The van der Waals surface area contributed by atoms with E-state index in [9.17, 15) is 0 Å². The molecule has 1 aliphatic carbocycles. The second-order valence-electron chi connectivity index (χ2n) is 11.3. The van der Waals surface area contributed by atoms with E-state index in [2.05, 4.69) is 130 Å². The average Bonchev–Trinajstić information content (AvgIpc) is 3.30. The minimum Gasteiger partial charge on any atom is -0.135 e. The number of benzene rings is 5. The van der Waals surface area contributed by atoms with E-state index in [1.807, 2.05) is 11.3 Å². The molecule has 1 heteroatoms. The number of hydrogen-bond acceptors (Lipinski definition) is 1. The smallest absolute Gasteiger partial charge is 0.0434 e. The third kappa shape index (κ3) is 3.56. The first kappa shape index (κ1) is 22.5.